The first-order valence-corrected chi connectivity index (χ1v) is 13.5. The minimum absolute atomic E-state index is 0.0437. The third kappa shape index (κ3) is 6.18. The van der Waals surface area contributed by atoms with Crippen LogP contribution in [0.25, 0.3) is 0 Å². The van der Waals surface area contributed by atoms with Crippen LogP contribution in [-0.2, 0) is 17.9 Å². The van der Waals surface area contributed by atoms with Gasteiger partial charge in [0.2, 0.25) is 5.91 Å². The van der Waals surface area contributed by atoms with Crippen molar-refractivity contribution in [2.75, 3.05) is 12.3 Å². The Kier molecular flexibility index (Phi) is 8.72. The molecule has 2 aromatic carbocycles. The number of rotatable bonds is 11. The highest BCUT2D eigenvalue weighted by Crippen LogP contribution is 2.31. The van der Waals surface area contributed by atoms with Gasteiger partial charge in [0.1, 0.15) is 16.7 Å². The average Bonchev–Trinajstić information content (AvgIpc) is 3.58. The van der Waals surface area contributed by atoms with E-state index in [1.54, 1.807) is 24.3 Å². The lowest BCUT2D eigenvalue weighted by Crippen LogP contribution is -2.43. The number of aromatic nitrogens is 1. The number of carbonyl (C=O) groups is 3. The van der Waals surface area contributed by atoms with E-state index in [0.29, 0.717) is 17.9 Å². The van der Waals surface area contributed by atoms with E-state index in [9.17, 15) is 14.4 Å². The SMILES string of the molecule is CCOc1ccc([C@@H](C(=O)NCc2ccccc2)N(Cc2cccs2)C(=O)c2snc(C(N)=O)c2N)cc1. The van der Waals surface area contributed by atoms with E-state index in [1.165, 1.54) is 16.2 Å². The molecule has 196 valence electrons. The number of amides is 3. The van der Waals surface area contributed by atoms with E-state index in [4.69, 9.17) is 16.2 Å². The lowest BCUT2D eigenvalue weighted by molar-refractivity contribution is -0.126. The molecule has 4 rings (SSSR count). The summed E-state index contributed by atoms with van der Waals surface area (Å²) in [6.45, 7) is 2.80. The first kappa shape index (κ1) is 26.8. The summed E-state index contributed by atoms with van der Waals surface area (Å²) in [4.78, 5) is 41.8. The Morgan fingerprint density at radius 2 is 1.79 bits per heavy atom. The number of primary amides is 1. The summed E-state index contributed by atoms with van der Waals surface area (Å²) >= 11 is 2.24. The number of carbonyl (C=O) groups excluding carboxylic acids is 3. The number of anilines is 1. The van der Waals surface area contributed by atoms with Gasteiger partial charge in [0.15, 0.2) is 5.69 Å². The van der Waals surface area contributed by atoms with Crippen molar-refractivity contribution in [2.45, 2.75) is 26.1 Å². The number of hydrogen-bond donors (Lipinski definition) is 3. The Bertz CT molecular complexity index is 1390. The topological polar surface area (TPSA) is 141 Å². The van der Waals surface area contributed by atoms with Gasteiger partial charge in [0, 0.05) is 11.4 Å². The molecule has 0 aliphatic rings. The maximum Gasteiger partial charge on any atom is 0.270 e. The zero-order chi connectivity index (χ0) is 27.1. The summed E-state index contributed by atoms with van der Waals surface area (Å²) < 4.78 is 9.54. The molecule has 0 unspecified atom stereocenters. The zero-order valence-electron chi connectivity index (χ0n) is 20.6. The molecule has 0 fully saturated rings. The summed E-state index contributed by atoms with van der Waals surface area (Å²) in [6.07, 6.45) is 0. The number of thiophene rings is 1. The van der Waals surface area contributed by atoms with Crippen molar-refractivity contribution in [3.63, 3.8) is 0 Å². The van der Waals surface area contributed by atoms with Gasteiger partial charge in [-0.15, -0.1) is 11.3 Å². The van der Waals surface area contributed by atoms with Crippen LogP contribution in [0.15, 0.2) is 72.1 Å². The van der Waals surface area contributed by atoms with Gasteiger partial charge in [-0.3, -0.25) is 14.4 Å². The zero-order valence-corrected chi connectivity index (χ0v) is 22.3. The molecule has 2 aromatic heterocycles. The molecule has 0 saturated carbocycles. The molecule has 0 spiro atoms. The van der Waals surface area contributed by atoms with Gasteiger partial charge in [-0.1, -0.05) is 48.5 Å². The molecule has 0 saturated heterocycles. The van der Waals surface area contributed by atoms with Crippen molar-refractivity contribution in [3.8, 4) is 5.75 Å². The van der Waals surface area contributed by atoms with Crippen molar-refractivity contribution >= 4 is 46.3 Å². The number of nitrogen functional groups attached to an aromatic ring is 1. The fourth-order valence-corrected chi connectivity index (χ4v) is 5.34. The van der Waals surface area contributed by atoms with E-state index in [0.717, 1.165) is 22.0 Å². The summed E-state index contributed by atoms with van der Waals surface area (Å²) in [5.74, 6) is -1.09. The van der Waals surface area contributed by atoms with Crippen molar-refractivity contribution in [3.05, 3.63) is 98.7 Å². The van der Waals surface area contributed by atoms with Crippen molar-refractivity contribution in [2.24, 2.45) is 5.73 Å². The lowest BCUT2D eigenvalue weighted by atomic mass is 10.0. The molecule has 4 aromatic rings. The smallest absolute Gasteiger partial charge is 0.270 e. The Morgan fingerprint density at radius 1 is 1.05 bits per heavy atom. The molecular formula is C27H27N5O4S2. The minimum Gasteiger partial charge on any atom is -0.494 e. The van der Waals surface area contributed by atoms with Crippen LogP contribution in [0, 0.1) is 0 Å². The molecular weight excluding hydrogens is 522 g/mol. The van der Waals surface area contributed by atoms with Gasteiger partial charge in [-0.05, 0) is 53.2 Å². The number of nitrogens with one attached hydrogen (secondary N) is 1. The second-order valence-corrected chi connectivity index (χ2v) is 10.1. The molecule has 3 amide bonds. The Morgan fingerprint density at radius 3 is 2.39 bits per heavy atom. The van der Waals surface area contributed by atoms with Crippen LogP contribution < -0.4 is 21.5 Å². The maximum absolute atomic E-state index is 14.0. The summed E-state index contributed by atoms with van der Waals surface area (Å²) in [6, 6.07) is 19.3. The Balaban J connectivity index is 1.75. The van der Waals surface area contributed by atoms with Crippen LogP contribution in [0.4, 0.5) is 5.69 Å². The van der Waals surface area contributed by atoms with E-state index in [-0.39, 0.29) is 35.3 Å². The summed E-state index contributed by atoms with van der Waals surface area (Å²) in [5, 5.41) is 4.86. The normalized spacial score (nSPS) is 11.5. The molecule has 9 nitrogen and oxygen atoms in total. The molecule has 0 radical (unpaired) electrons. The number of nitrogens with zero attached hydrogens (tertiary/aromatic N) is 2. The predicted molar refractivity (Wildman–Crippen MR) is 148 cm³/mol. The molecule has 2 heterocycles. The quantitative estimate of drug-likeness (QED) is 0.258. The second-order valence-electron chi connectivity index (χ2n) is 8.26. The van der Waals surface area contributed by atoms with Crippen LogP contribution in [0.5, 0.6) is 5.75 Å². The highest BCUT2D eigenvalue weighted by Gasteiger charge is 2.35. The van der Waals surface area contributed by atoms with E-state index in [2.05, 4.69) is 9.69 Å². The van der Waals surface area contributed by atoms with E-state index in [1.807, 2.05) is 54.8 Å². The standard InChI is InChI=1S/C27H27N5O4S2/c1-2-36-19-12-10-18(11-13-19)23(26(34)30-15-17-7-4-3-5-8-17)32(16-20-9-6-14-37-20)27(35)24-21(28)22(25(29)33)31-38-24/h3-14,23H,2,15-16,28H2,1H3,(H2,29,33)(H,30,34)/t23-/m0/s1. The van der Waals surface area contributed by atoms with Crippen LogP contribution in [0.2, 0.25) is 0 Å². The van der Waals surface area contributed by atoms with Crippen molar-refractivity contribution in [1.82, 2.24) is 14.6 Å². The van der Waals surface area contributed by atoms with Gasteiger partial charge >= 0.3 is 0 Å². The van der Waals surface area contributed by atoms with Gasteiger partial charge in [0.25, 0.3) is 11.8 Å². The third-order valence-electron chi connectivity index (χ3n) is 5.70. The molecule has 0 aliphatic heterocycles. The van der Waals surface area contributed by atoms with Gasteiger partial charge in [0.05, 0.1) is 18.8 Å². The van der Waals surface area contributed by atoms with Crippen molar-refractivity contribution in [1.29, 1.82) is 0 Å². The number of benzene rings is 2. The molecule has 38 heavy (non-hydrogen) atoms. The molecule has 5 N–H and O–H groups in total. The summed E-state index contributed by atoms with van der Waals surface area (Å²) in [5.41, 5.74) is 12.7. The lowest BCUT2D eigenvalue weighted by Gasteiger charge is -2.31. The minimum atomic E-state index is -1.01. The van der Waals surface area contributed by atoms with E-state index >= 15 is 0 Å². The van der Waals surface area contributed by atoms with Crippen LogP contribution >= 0.6 is 22.9 Å². The van der Waals surface area contributed by atoms with Crippen LogP contribution in [0.3, 0.4) is 0 Å². The van der Waals surface area contributed by atoms with Crippen LogP contribution in [-0.4, -0.2) is 33.6 Å². The molecule has 1 atom stereocenters. The fraction of sp³-hybridized carbons (Fsp3) is 0.185. The first-order valence-electron chi connectivity index (χ1n) is 11.8. The Labute approximate surface area is 228 Å². The van der Waals surface area contributed by atoms with Gasteiger partial charge in [-0.2, -0.15) is 4.37 Å². The highest BCUT2D eigenvalue weighted by atomic mass is 32.1. The third-order valence-corrected chi connectivity index (χ3v) is 7.41. The molecule has 0 aliphatic carbocycles. The Hall–Kier alpha value is -4.22. The molecule has 11 heteroatoms. The highest BCUT2D eigenvalue weighted by molar-refractivity contribution is 7.10. The fourth-order valence-electron chi connectivity index (χ4n) is 3.88. The number of ether oxygens (including phenoxy) is 1. The average molecular weight is 550 g/mol. The van der Waals surface area contributed by atoms with E-state index < -0.39 is 17.9 Å². The number of nitrogens with two attached hydrogens (primary N) is 2. The van der Waals surface area contributed by atoms with Gasteiger partial charge < -0.3 is 26.4 Å². The largest absolute Gasteiger partial charge is 0.494 e. The summed E-state index contributed by atoms with van der Waals surface area (Å²) in [7, 11) is 0. The first-order chi connectivity index (χ1) is 18.4. The second kappa shape index (κ2) is 12.3. The predicted octanol–water partition coefficient (Wildman–Crippen LogP) is 3.98. The molecule has 0 bridgehead atoms. The van der Waals surface area contributed by atoms with Gasteiger partial charge in [-0.25, -0.2) is 0 Å². The maximum atomic E-state index is 14.0. The monoisotopic (exact) mass is 549 g/mol. The number of hydrogen-bond acceptors (Lipinski definition) is 8. The van der Waals surface area contributed by atoms with Crippen molar-refractivity contribution < 1.29 is 19.1 Å². The van der Waals surface area contributed by atoms with Crippen LogP contribution in [0.1, 0.15) is 49.1 Å².